The second-order valence-electron chi connectivity index (χ2n) is 3.12. The van der Waals surface area contributed by atoms with Crippen LogP contribution >= 0.6 is 11.3 Å². The van der Waals surface area contributed by atoms with Crippen LogP contribution in [0.3, 0.4) is 0 Å². The third-order valence-electron chi connectivity index (χ3n) is 1.99. The van der Waals surface area contributed by atoms with Gasteiger partial charge in [0.05, 0.1) is 6.57 Å². The van der Waals surface area contributed by atoms with Gasteiger partial charge in [-0.3, -0.25) is 0 Å². The molecule has 3 nitrogen and oxygen atoms in total. The Bertz CT molecular complexity index is 511. The van der Waals surface area contributed by atoms with E-state index in [1.807, 2.05) is 18.2 Å². The molecule has 2 N–H and O–H groups in total. The minimum absolute atomic E-state index is 0.589. The van der Waals surface area contributed by atoms with Crippen LogP contribution in [0.5, 0.6) is 0 Å². The van der Waals surface area contributed by atoms with Crippen LogP contribution in [-0.2, 0) is 6.42 Å². The van der Waals surface area contributed by atoms with Crippen molar-refractivity contribution in [1.82, 2.24) is 4.98 Å². The number of hydrogen-bond acceptors (Lipinski definition) is 3. The highest BCUT2D eigenvalue weighted by atomic mass is 32.1. The van der Waals surface area contributed by atoms with E-state index in [4.69, 9.17) is 12.3 Å². The summed E-state index contributed by atoms with van der Waals surface area (Å²) < 4.78 is 0. The van der Waals surface area contributed by atoms with Gasteiger partial charge in [-0.25, -0.2) is 9.83 Å². The average Bonchev–Trinajstić information content (AvgIpc) is 2.64. The van der Waals surface area contributed by atoms with Crippen LogP contribution in [0.25, 0.3) is 4.85 Å². The monoisotopic (exact) mass is 215 g/mol. The number of hydrogen-bond donors (Lipinski definition) is 1. The first-order valence-electron chi connectivity index (χ1n) is 4.44. The summed E-state index contributed by atoms with van der Waals surface area (Å²) in [5.74, 6) is 0. The summed E-state index contributed by atoms with van der Waals surface area (Å²) in [5, 5.41) is 0.589. The Morgan fingerprint density at radius 3 is 3.00 bits per heavy atom. The molecule has 1 heterocycles. The first-order valence-corrected chi connectivity index (χ1v) is 5.26. The van der Waals surface area contributed by atoms with Gasteiger partial charge in [-0.2, -0.15) is 0 Å². The van der Waals surface area contributed by atoms with Crippen molar-refractivity contribution in [2.75, 3.05) is 5.73 Å². The van der Waals surface area contributed by atoms with E-state index in [-0.39, 0.29) is 0 Å². The van der Waals surface area contributed by atoms with Crippen molar-refractivity contribution in [2.24, 2.45) is 0 Å². The zero-order valence-electron chi connectivity index (χ0n) is 7.97. The van der Waals surface area contributed by atoms with Crippen LogP contribution < -0.4 is 5.73 Å². The second-order valence-corrected chi connectivity index (χ2v) is 4.27. The molecule has 0 saturated carbocycles. The number of benzene rings is 1. The molecule has 0 bridgehead atoms. The molecule has 0 saturated heterocycles. The maximum Gasteiger partial charge on any atom is 0.187 e. The molecule has 0 radical (unpaired) electrons. The fourth-order valence-corrected chi connectivity index (χ4v) is 2.06. The van der Waals surface area contributed by atoms with E-state index in [1.165, 1.54) is 11.3 Å². The highest BCUT2D eigenvalue weighted by molar-refractivity contribution is 7.15. The second kappa shape index (κ2) is 4.11. The molecular formula is C11H9N3S. The van der Waals surface area contributed by atoms with Crippen molar-refractivity contribution in [3.05, 3.63) is 52.3 Å². The molecule has 15 heavy (non-hydrogen) atoms. The van der Waals surface area contributed by atoms with Crippen LogP contribution in [0.2, 0.25) is 0 Å². The summed E-state index contributed by atoms with van der Waals surface area (Å²) in [4.78, 5) is 8.50. The van der Waals surface area contributed by atoms with E-state index in [9.17, 15) is 0 Å². The number of anilines is 1. The summed E-state index contributed by atoms with van der Waals surface area (Å²) in [5.41, 5.74) is 7.34. The van der Waals surface area contributed by atoms with Crippen LogP contribution in [0, 0.1) is 6.57 Å². The number of nitrogens with zero attached hydrogens (tertiary/aromatic N) is 2. The van der Waals surface area contributed by atoms with Gasteiger partial charge in [0.2, 0.25) is 0 Å². The maximum absolute atomic E-state index is 6.92. The Morgan fingerprint density at radius 1 is 1.47 bits per heavy atom. The zero-order valence-corrected chi connectivity index (χ0v) is 8.79. The normalized spacial score (nSPS) is 9.80. The van der Waals surface area contributed by atoms with Crippen molar-refractivity contribution < 1.29 is 0 Å². The molecule has 1 aromatic heterocycles. The van der Waals surface area contributed by atoms with E-state index in [0.717, 1.165) is 16.9 Å². The van der Waals surface area contributed by atoms with Gasteiger partial charge in [0, 0.05) is 17.5 Å². The lowest BCUT2D eigenvalue weighted by Crippen LogP contribution is -1.82. The number of aromatic nitrogens is 1. The summed E-state index contributed by atoms with van der Waals surface area (Å²) in [6.45, 7) is 6.92. The van der Waals surface area contributed by atoms with Crippen molar-refractivity contribution in [3.8, 4) is 0 Å². The lowest BCUT2D eigenvalue weighted by molar-refractivity contribution is 1.22. The number of thiazole rings is 1. The minimum atomic E-state index is 0.589. The van der Waals surface area contributed by atoms with Crippen molar-refractivity contribution in [2.45, 2.75) is 6.42 Å². The Kier molecular flexibility index (Phi) is 2.66. The molecular weight excluding hydrogens is 206 g/mol. The molecule has 0 spiro atoms. The van der Waals surface area contributed by atoms with E-state index in [1.54, 1.807) is 12.3 Å². The summed E-state index contributed by atoms with van der Waals surface area (Å²) in [6.07, 6.45) is 2.57. The Morgan fingerprint density at radius 2 is 2.33 bits per heavy atom. The molecule has 0 aliphatic rings. The fraction of sp³-hybridized carbons (Fsp3) is 0.0909. The standard InChI is InChI=1S/C11H9N3S/c1-13-9-4-2-3-8(5-9)6-10-7-14-11(12)15-10/h2-5,7H,6H2,(H2,12,14). The molecule has 0 unspecified atom stereocenters. The summed E-state index contributed by atoms with van der Waals surface area (Å²) >= 11 is 1.49. The van der Waals surface area contributed by atoms with E-state index < -0.39 is 0 Å². The van der Waals surface area contributed by atoms with Gasteiger partial charge in [-0.15, -0.1) is 11.3 Å². The molecule has 2 aromatic rings. The highest BCUT2D eigenvalue weighted by Gasteiger charge is 2.01. The predicted octanol–water partition coefficient (Wildman–Crippen LogP) is 2.87. The molecule has 1 aromatic carbocycles. The molecule has 4 heteroatoms. The lowest BCUT2D eigenvalue weighted by Gasteiger charge is -1.98. The maximum atomic E-state index is 6.92. The fourth-order valence-electron chi connectivity index (χ4n) is 1.34. The number of rotatable bonds is 2. The van der Waals surface area contributed by atoms with Crippen molar-refractivity contribution in [1.29, 1.82) is 0 Å². The van der Waals surface area contributed by atoms with Crippen LogP contribution in [-0.4, -0.2) is 4.98 Å². The molecule has 0 aliphatic heterocycles. The minimum Gasteiger partial charge on any atom is -0.375 e. The zero-order chi connectivity index (χ0) is 10.7. The molecule has 74 valence electrons. The van der Waals surface area contributed by atoms with E-state index >= 15 is 0 Å². The molecule has 2 rings (SSSR count). The molecule has 0 aliphatic carbocycles. The van der Waals surface area contributed by atoms with E-state index in [2.05, 4.69) is 9.83 Å². The number of nitrogens with two attached hydrogens (primary N) is 1. The lowest BCUT2D eigenvalue weighted by atomic mass is 10.1. The quantitative estimate of drug-likeness (QED) is 0.783. The van der Waals surface area contributed by atoms with Crippen molar-refractivity contribution in [3.63, 3.8) is 0 Å². The first kappa shape index (κ1) is 9.69. The van der Waals surface area contributed by atoms with Crippen molar-refractivity contribution >= 4 is 22.2 Å². The topological polar surface area (TPSA) is 43.3 Å². The van der Waals surface area contributed by atoms with Gasteiger partial charge in [0.1, 0.15) is 0 Å². The van der Waals surface area contributed by atoms with Gasteiger partial charge in [-0.1, -0.05) is 29.8 Å². The van der Waals surface area contributed by atoms with E-state index in [0.29, 0.717) is 10.8 Å². The van der Waals surface area contributed by atoms with Gasteiger partial charge < -0.3 is 5.73 Å². The van der Waals surface area contributed by atoms with Gasteiger partial charge in [0.15, 0.2) is 10.8 Å². The Labute approximate surface area is 92.0 Å². The SMILES string of the molecule is [C-]#[N+]c1cccc(Cc2cnc(N)s2)c1. The van der Waals surface area contributed by atoms with Gasteiger partial charge in [-0.05, 0) is 0 Å². The van der Waals surface area contributed by atoms with Crippen LogP contribution in [0.1, 0.15) is 10.4 Å². The Hall–Kier alpha value is -1.86. The molecule has 0 atom stereocenters. The smallest absolute Gasteiger partial charge is 0.187 e. The van der Waals surface area contributed by atoms with Crippen LogP contribution in [0.15, 0.2) is 30.5 Å². The largest absolute Gasteiger partial charge is 0.375 e. The van der Waals surface area contributed by atoms with Gasteiger partial charge in [0.25, 0.3) is 0 Å². The molecule has 0 fully saturated rings. The first-order chi connectivity index (χ1) is 7.28. The summed E-state index contributed by atoms with van der Waals surface area (Å²) in [7, 11) is 0. The van der Waals surface area contributed by atoms with Gasteiger partial charge >= 0.3 is 0 Å². The van der Waals surface area contributed by atoms with Crippen LogP contribution in [0.4, 0.5) is 10.8 Å². The molecule has 0 amide bonds. The number of nitrogen functional groups attached to an aromatic ring is 1. The Balaban J connectivity index is 2.21. The average molecular weight is 215 g/mol. The summed E-state index contributed by atoms with van der Waals surface area (Å²) in [6, 6.07) is 7.60. The third kappa shape index (κ3) is 2.33. The highest BCUT2D eigenvalue weighted by Crippen LogP contribution is 2.21. The third-order valence-corrected chi connectivity index (χ3v) is 2.82. The predicted molar refractivity (Wildman–Crippen MR) is 62.0 cm³/mol.